The zero-order chi connectivity index (χ0) is 30.1. The number of para-hydroxylation sites is 1. The molecular weight excluding hydrogens is 554 g/mol. The first-order valence-electron chi connectivity index (χ1n) is 13.9. The maximum absolute atomic E-state index is 13.4. The number of carbonyl (C=O) groups excluding carboxylic acids is 3. The molecule has 0 saturated carbocycles. The van der Waals surface area contributed by atoms with Crippen LogP contribution in [0.1, 0.15) is 48.2 Å². The zero-order valence-electron chi connectivity index (χ0n) is 23.8. The molecule has 1 aliphatic rings. The third kappa shape index (κ3) is 8.56. The number of likely N-dealkylation sites (tertiary alicyclic amines) is 1. The van der Waals surface area contributed by atoms with Crippen molar-refractivity contribution in [2.24, 2.45) is 5.73 Å². The molecule has 0 aliphatic carbocycles. The number of rotatable bonds is 13. The second-order valence-electron chi connectivity index (χ2n) is 10.3. The number of thiophene rings is 1. The summed E-state index contributed by atoms with van der Waals surface area (Å²) in [6.07, 6.45) is 0.636. The number of carbonyl (C=O) groups is 3. The molecular formula is C31H37N5O5S. The van der Waals surface area contributed by atoms with Gasteiger partial charge in [-0.1, -0.05) is 35.9 Å². The van der Waals surface area contributed by atoms with Crippen molar-refractivity contribution in [2.45, 2.75) is 51.3 Å². The van der Waals surface area contributed by atoms with Gasteiger partial charge in [0.1, 0.15) is 29.5 Å². The van der Waals surface area contributed by atoms with Gasteiger partial charge in [0.15, 0.2) is 0 Å². The van der Waals surface area contributed by atoms with E-state index in [0.717, 1.165) is 16.2 Å². The van der Waals surface area contributed by atoms with Crippen LogP contribution in [0.25, 0.3) is 0 Å². The Kier molecular flexibility index (Phi) is 10.6. The molecule has 11 heteroatoms. The van der Waals surface area contributed by atoms with Gasteiger partial charge in [-0.05, 0) is 50.6 Å². The summed E-state index contributed by atoms with van der Waals surface area (Å²) in [5, 5.41) is 15.1. The Labute approximate surface area is 249 Å². The molecule has 0 bridgehead atoms. The molecule has 1 aromatic heterocycles. The standard InChI is InChI=1S/C31H37N5O5S/c1-20-10-12-24(13-11-20)41-25-16-26(31(39)35-21(2)27-15-22(19-42-27)30(32)33)36(18-25)29(38)17-34-28(37)9-6-14-40-23-7-4-3-5-8-23/h3-5,7-8,10-13,15,19,21,25-26H,6,9,14,16-18H2,1-2H3,(H3,32,33)(H,34,37)(H,35,39)/t21?,25-,26+/m1/s1. The Hall–Kier alpha value is -4.38. The molecule has 1 unspecified atom stereocenters. The number of hydrogen-bond donors (Lipinski definition) is 4. The first kappa shape index (κ1) is 30.6. The molecule has 1 fully saturated rings. The molecule has 5 N–H and O–H groups in total. The Morgan fingerprint density at radius 2 is 1.86 bits per heavy atom. The van der Waals surface area contributed by atoms with Gasteiger partial charge < -0.3 is 30.7 Å². The van der Waals surface area contributed by atoms with Crippen molar-refractivity contribution in [3.05, 3.63) is 82.0 Å². The molecule has 2 heterocycles. The molecule has 0 spiro atoms. The molecule has 4 rings (SSSR count). The van der Waals surface area contributed by atoms with Crippen LogP contribution in [-0.4, -0.2) is 60.3 Å². The fourth-order valence-corrected chi connectivity index (χ4v) is 5.54. The first-order valence-corrected chi connectivity index (χ1v) is 14.8. The van der Waals surface area contributed by atoms with Crippen LogP contribution in [0.15, 0.2) is 66.0 Å². The van der Waals surface area contributed by atoms with Crippen molar-refractivity contribution in [1.29, 1.82) is 5.41 Å². The minimum absolute atomic E-state index is 0.0366. The van der Waals surface area contributed by atoms with Gasteiger partial charge in [-0.2, -0.15) is 0 Å². The minimum Gasteiger partial charge on any atom is -0.494 e. The normalized spacial score (nSPS) is 16.9. The molecule has 1 saturated heterocycles. The molecule has 0 radical (unpaired) electrons. The number of nitrogens with two attached hydrogens (primary N) is 1. The molecule has 1 aliphatic heterocycles. The second kappa shape index (κ2) is 14.5. The summed E-state index contributed by atoms with van der Waals surface area (Å²) < 4.78 is 11.7. The van der Waals surface area contributed by atoms with Crippen molar-refractivity contribution >= 4 is 34.9 Å². The van der Waals surface area contributed by atoms with Crippen LogP contribution in [-0.2, 0) is 14.4 Å². The van der Waals surface area contributed by atoms with Crippen molar-refractivity contribution < 1.29 is 23.9 Å². The molecule has 3 aromatic rings. The summed E-state index contributed by atoms with van der Waals surface area (Å²) in [5.41, 5.74) is 7.28. The first-order chi connectivity index (χ1) is 20.2. The predicted octanol–water partition coefficient (Wildman–Crippen LogP) is 3.54. The maximum atomic E-state index is 13.4. The average Bonchev–Trinajstić information content (AvgIpc) is 3.64. The Balaban J connectivity index is 1.34. The summed E-state index contributed by atoms with van der Waals surface area (Å²) >= 11 is 1.40. The number of benzene rings is 2. The van der Waals surface area contributed by atoms with Gasteiger partial charge in [-0.25, -0.2) is 0 Å². The SMILES string of the molecule is Cc1ccc(O[C@@H]2C[C@@H](C(=O)NC(C)c3cc(C(=N)N)cs3)N(C(=O)CNC(=O)CCCOc3ccccc3)C2)cc1. The van der Waals surface area contributed by atoms with Gasteiger partial charge in [-0.3, -0.25) is 19.8 Å². The predicted molar refractivity (Wildman–Crippen MR) is 162 cm³/mol. The van der Waals surface area contributed by atoms with Crippen LogP contribution in [0, 0.1) is 12.3 Å². The van der Waals surface area contributed by atoms with Gasteiger partial charge in [0.2, 0.25) is 17.7 Å². The minimum atomic E-state index is -0.765. The lowest BCUT2D eigenvalue weighted by molar-refractivity contribution is -0.139. The third-order valence-electron chi connectivity index (χ3n) is 6.92. The van der Waals surface area contributed by atoms with E-state index in [1.807, 2.05) is 68.4 Å². The van der Waals surface area contributed by atoms with Crippen molar-refractivity contribution in [3.8, 4) is 11.5 Å². The van der Waals surface area contributed by atoms with Crippen LogP contribution in [0.4, 0.5) is 0 Å². The van der Waals surface area contributed by atoms with Crippen molar-refractivity contribution in [1.82, 2.24) is 15.5 Å². The monoisotopic (exact) mass is 591 g/mol. The number of aryl methyl sites for hydroxylation is 1. The molecule has 10 nitrogen and oxygen atoms in total. The maximum Gasteiger partial charge on any atom is 0.243 e. The van der Waals surface area contributed by atoms with Crippen LogP contribution in [0.5, 0.6) is 11.5 Å². The van der Waals surface area contributed by atoms with Gasteiger partial charge in [0.05, 0.1) is 25.7 Å². The van der Waals surface area contributed by atoms with E-state index in [-0.39, 0.29) is 55.2 Å². The van der Waals surface area contributed by atoms with Gasteiger partial charge in [-0.15, -0.1) is 11.3 Å². The van der Waals surface area contributed by atoms with E-state index in [2.05, 4.69) is 10.6 Å². The lowest BCUT2D eigenvalue weighted by Crippen LogP contribution is -2.49. The van der Waals surface area contributed by atoms with E-state index >= 15 is 0 Å². The molecule has 222 valence electrons. The summed E-state index contributed by atoms with van der Waals surface area (Å²) in [7, 11) is 0. The lowest BCUT2D eigenvalue weighted by atomic mass is 10.1. The number of nitrogens with one attached hydrogen (secondary N) is 3. The molecule has 3 amide bonds. The number of ether oxygens (including phenoxy) is 2. The summed E-state index contributed by atoms with van der Waals surface area (Å²) in [6, 6.07) is 17.6. The zero-order valence-corrected chi connectivity index (χ0v) is 24.6. The molecule has 2 aromatic carbocycles. The summed E-state index contributed by atoms with van der Waals surface area (Å²) in [6.45, 7) is 4.21. The van der Waals surface area contributed by atoms with E-state index in [9.17, 15) is 14.4 Å². The highest BCUT2D eigenvalue weighted by Crippen LogP contribution is 2.26. The van der Waals surface area contributed by atoms with Gasteiger partial charge >= 0.3 is 0 Å². The lowest BCUT2D eigenvalue weighted by Gasteiger charge is -2.25. The van der Waals surface area contributed by atoms with Crippen LogP contribution >= 0.6 is 11.3 Å². The van der Waals surface area contributed by atoms with Crippen LogP contribution < -0.4 is 25.8 Å². The van der Waals surface area contributed by atoms with E-state index in [1.54, 1.807) is 11.4 Å². The van der Waals surface area contributed by atoms with Crippen LogP contribution in [0.2, 0.25) is 0 Å². The highest BCUT2D eigenvalue weighted by Gasteiger charge is 2.41. The summed E-state index contributed by atoms with van der Waals surface area (Å²) in [4.78, 5) is 41.4. The third-order valence-corrected chi connectivity index (χ3v) is 8.04. The van der Waals surface area contributed by atoms with Crippen molar-refractivity contribution in [2.75, 3.05) is 19.7 Å². The van der Waals surface area contributed by atoms with E-state index < -0.39 is 6.04 Å². The number of hydrogen-bond acceptors (Lipinski definition) is 7. The van der Waals surface area contributed by atoms with E-state index in [1.165, 1.54) is 16.2 Å². The Morgan fingerprint density at radius 3 is 2.55 bits per heavy atom. The number of nitrogens with zero attached hydrogens (tertiary/aromatic N) is 1. The quantitative estimate of drug-likeness (QED) is 0.136. The van der Waals surface area contributed by atoms with Crippen molar-refractivity contribution in [3.63, 3.8) is 0 Å². The average molecular weight is 592 g/mol. The molecule has 3 atom stereocenters. The van der Waals surface area contributed by atoms with Gasteiger partial charge in [0.25, 0.3) is 0 Å². The van der Waals surface area contributed by atoms with E-state index in [0.29, 0.717) is 30.8 Å². The fraction of sp³-hybridized carbons (Fsp3) is 0.355. The van der Waals surface area contributed by atoms with E-state index in [4.69, 9.17) is 20.6 Å². The number of amides is 3. The highest BCUT2D eigenvalue weighted by atomic mass is 32.1. The second-order valence-corrected chi connectivity index (χ2v) is 11.2. The smallest absolute Gasteiger partial charge is 0.243 e. The van der Waals surface area contributed by atoms with Gasteiger partial charge in [0, 0.05) is 28.7 Å². The Bertz CT molecular complexity index is 1380. The Morgan fingerprint density at radius 1 is 1.12 bits per heavy atom. The topological polar surface area (TPSA) is 147 Å². The number of amidine groups is 1. The fourth-order valence-electron chi connectivity index (χ4n) is 4.62. The van der Waals surface area contributed by atoms with Crippen LogP contribution in [0.3, 0.4) is 0 Å². The number of nitrogen functional groups attached to an aromatic ring is 1. The highest BCUT2D eigenvalue weighted by molar-refractivity contribution is 7.10. The summed E-state index contributed by atoms with van der Waals surface area (Å²) in [5.74, 6) is 0.427. The molecule has 42 heavy (non-hydrogen) atoms. The largest absolute Gasteiger partial charge is 0.494 e.